The van der Waals surface area contributed by atoms with Gasteiger partial charge in [0.1, 0.15) is 0 Å². The average molecular weight is 327 g/mol. The molecular formula is C20H26N2S. The molecule has 1 atom stereocenters. The van der Waals surface area contributed by atoms with Crippen LogP contribution in [0.5, 0.6) is 0 Å². The third kappa shape index (κ3) is 5.36. The van der Waals surface area contributed by atoms with Crippen molar-refractivity contribution in [3.8, 4) is 0 Å². The Bertz CT molecular complexity index is 650. The lowest BCUT2D eigenvalue weighted by Crippen LogP contribution is -2.33. The second-order valence-corrected chi connectivity index (χ2v) is 6.90. The number of anilines is 1. The van der Waals surface area contributed by atoms with Crippen LogP contribution in [0.3, 0.4) is 0 Å². The predicted octanol–water partition coefficient (Wildman–Crippen LogP) is 5.38. The van der Waals surface area contributed by atoms with Crippen LogP contribution in [-0.4, -0.2) is 5.11 Å². The van der Waals surface area contributed by atoms with Gasteiger partial charge in [-0.3, -0.25) is 0 Å². The van der Waals surface area contributed by atoms with Crippen LogP contribution in [0, 0.1) is 19.8 Å². The van der Waals surface area contributed by atoms with Crippen LogP contribution in [0.25, 0.3) is 0 Å². The van der Waals surface area contributed by atoms with Gasteiger partial charge in [-0.1, -0.05) is 50.2 Å². The topological polar surface area (TPSA) is 24.1 Å². The lowest BCUT2D eigenvalue weighted by molar-refractivity contribution is 0.481. The largest absolute Gasteiger partial charge is 0.356 e. The van der Waals surface area contributed by atoms with Gasteiger partial charge < -0.3 is 10.6 Å². The molecule has 0 bridgehead atoms. The molecule has 3 heteroatoms. The van der Waals surface area contributed by atoms with Gasteiger partial charge >= 0.3 is 0 Å². The number of hydrogen-bond acceptors (Lipinski definition) is 1. The number of rotatable bonds is 5. The Hall–Kier alpha value is -1.87. The molecule has 0 heterocycles. The highest BCUT2D eigenvalue weighted by molar-refractivity contribution is 7.80. The van der Waals surface area contributed by atoms with Gasteiger partial charge in [-0.05, 0) is 67.2 Å². The number of aryl methyl sites for hydroxylation is 2. The number of benzene rings is 2. The normalized spacial score (nSPS) is 12.0. The summed E-state index contributed by atoms with van der Waals surface area (Å²) in [6, 6.07) is 17.0. The van der Waals surface area contributed by atoms with Gasteiger partial charge in [0.25, 0.3) is 0 Å². The molecule has 122 valence electrons. The Labute approximate surface area is 145 Å². The van der Waals surface area contributed by atoms with Gasteiger partial charge in [0, 0.05) is 5.69 Å². The van der Waals surface area contributed by atoms with Gasteiger partial charge in [-0.25, -0.2) is 0 Å². The summed E-state index contributed by atoms with van der Waals surface area (Å²) in [5.41, 5.74) is 4.85. The third-order valence-electron chi connectivity index (χ3n) is 3.98. The van der Waals surface area contributed by atoms with E-state index in [9.17, 15) is 0 Å². The lowest BCUT2D eigenvalue weighted by atomic mass is 9.97. The van der Waals surface area contributed by atoms with Crippen molar-refractivity contribution in [3.05, 3.63) is 65.2 Å². The zero-order valence-electron chi connectivity index (χ0n) is 14.4. The van der Waals surface area contributed by atoms with E-state index in [0.717, 1.165) is 12.1 Å². The molecule has 0 aromatic heterocycles. The van der Waals surface area contributed by atoms with Crippen molar-refractivity contribution in [1.29, 1.82) is 0 Å². The maximum absolute atomic E-state index is 5.52. The Morgan fingerprint density at radius 2 is 1.70 bits per heavy atom. The fraction of sp³-hybridized carbons (Fsp3) is 0.350. The first-order valence-corrected chi connectivity index (χ1v) is 8.56. The van der Waals surface area contributed by atoms with E-state index < -0.39 is 0 Å². The molecule has 2 rings (SSSR count). The first-order valence-electron chi connectivity index (χ1n) is 8.15. The van der Waals surface area contributed by atoms with Crippen molar-refractivity contribution in [2.24, 2.45) is 5.92 Å². The van der Waals surface area contributed by atoms with Crippen molar-refractivity contribution < 1.29 is 0 Å². The molecule has 0 spiro atoms. The first-order chi connectivity index (χ1) is 11.0. The standard InChI is InChI=1S/C20H26N2S/c1-14(2)12-19(17-8-6-5-7-9-17)22-20(23)21-18-11-10-15(3)16(4)13-18/h5-11,13-14,19H,12H2,1-4H3,(H2,21,22,23). The third-order valence-corrected chi connectivity index (χ3v) is 4.20. The summed E-state index contributed by atoms with van der Waals surface area (Å²) in [4.78, 5) is 0. The molecule has 2 aromatic rings. The Balaban J connectivity index is 2.06. The van der Waals surface area contributed by atoms with Crippen LogP contribution in [0.15, 0.2) is 48.5 Å². The highest BCUT2D eigenvalue weighted by Gasteiger charge is 2.14. The zero-order chi connectivity index (χ0) is 16.8. The Kier molecular flexibility index (Phi) is 6.17. The number of hydrogen-bond donors (Lipinski definition) is 2. The summed E-state index contributed by atoms with van der Waals surface area (Å²) in [6.45, 7) is 8.70. The van der Waals surface area contributed by atoms with Crippen molar-refractivity contribution >= 4 is 23.0 Å². The fourth-order valence-electron chi connectivity index (χ4n) is 2.58. The second kappa shape index (κ2) is 8.11. The van der Waals surface area contributed by atoms with E-state index in [0.29, 0.717) is 11.0 Å². The lowest BCUT2D eigenvalue weighted by Gasteiger charge is -2.23. The molecule has 0 fully saturated rings. The molecule has 2 nitrogen and oxygen atoms in total. The van der Waals surface area contributed by atoms with Crippen molar-refractivity contribution in [3.63, 3.8) is 0 Å². The van der Waals surface area contributed by atoms with Crippen LogP contribution in [0.1, 0.15) is 43.0 Å². The number of nitrogens with one attached hydrogen (secondary N) is 2. The van der Waals surface area contributed by atoms with E-state index in [1.54, 1.807) is 0 Å². The molecule has 2 aromatic carbocycles. The molecular weight excluding hydrogens is 300 g/mol. The van der Waals surface area contributed by atoms with Crippen molar-refractivity contribution in [2.75, 3.05) is 5.32 Å². The molecule has 2 N–H and O–H groups in total. The number of thiocarbonyl (C=S) groups is 1. The molecule has 0 saturated heterocycles. The average Bonchev–Trinajstić information content (AvgIpc) is 2.51. The van der Waals surface area contributed by atoms with E-state index >= 15 is 0 Å². The molecule has 0 amide bonds. The Morgan fingerprint density at radius 1 is 1.00 bits per heavy atom. The molecule has 23 heavy (non-hydrogen) atoms. The van der Waals surface area contributed by atoms with Gasteiger partial charge in [0.2, 0.25) is 0 Å². The highest BCUT2D eigenvalue weighted by Crippen LogP contribution is 2.21. The van der Waals surface area contributed by atoms with E-state index in [4.69, 9.17) is 12.2 Å². The molecule has 0 saturated carbocycles. The van der Waals surface area contributed by atoms with Crippen molar-refractivity contribution in [2.45, 2.75) is 40.2 Å². The maximum Gasteiger partial charge on any atom is 0.171 e. The van der Waals surface area contributed by atoms with Crippen LogP contribution in [-0.2, 0) is 0 Å². The van der Waals surface area contributed by atoms with E-state index in [1.807, 2.05) is 6.07 Å². The van der Waals surface area contributed by atoms with Crippen LogP contribution in [0.2, 0.25) is 0 Å². The monoisotopic (exact) mass is 326 g/mol. The van der Waals surface area contributed by atoms with Crippen molar-refractivity contribution in [1.82, 2.24) is 5.32 Å². The summed E-state index contributed by atoms with van der Waals surface area (Å²) >= 11 is 5.52. The van der Waals surface area contributed by atoms with E-state index in [-0.39, 0.29) is 6.04 Å². The quantitative estimate of drug-likeness (QED) is 0.722. The minimum absolute atomic E-state index is 0.225. The van der Waals surface area contributed by atoms with Crippen LogP contribution >= 0.6 is 12.2 Å². The summed E-state index contributed by atoms with van der Waals surface area (Å²) < 4.78 is 0. The van der Waals surface area contributed by atoms with Crippen LogP contribution in [0.4, 0.5) is 5.69 Å². The zero-order valence-corrected chi connectivity index (χ0v) is 15.2. The molecule has 1 unspecified atom stereocenters. The van der Waals surface area contributed by atoms with Gasteiger partial charge in [-0.15, -0.1) is 0 Å². The Morgan fingerprint density at radius 3 is 2.30 bits per heavy atom. The SMILES string of the molecule is Cc1ccc(NC(=S)NC(CC(C)C)c2ccccc2)cc1C. The minimum atomic E-state index is 0.225. The summed E-state index contributed by atoms with van der Waals surface area (Å²) in [6.07, 6.45) is 1.04. The summed E-state index contributed by atoms with van der Waals surface area (Å²) in [7, 11) is 0. The smallest absolute Gasteiger partial charge is 0.171 e. The molecule has 0 aliphatic rings. The maximum atomic E-state index is 5.52. The first kappa shape index (κ1) is 17.5. The second-order valence-electron chi connectivity index (χ2n) is 6.49. The molecule has 0 aliphatic heterocycles. The van der Waals surface area contributed by atoms with E-state index in [2.05, 4.69) is 80.8 Å². The molecule has 0 aliphatic carbocycles. The molecule has 0 radical (unpaired) electrons. The summed E-state index contributed by atoms with van der Waals surface area (Å²) in [5, 5.41) is 7.44. The van der Waals surface area contributed by atoms with Gasteiger partial charge in [0.15, 0.2) is 5.11 Å². The van der Waals surface area contributed by atoms with Gasteiger partial charge in [-0.2, -0.15) is 0 Å². The predicted molar refractivity (Wildman–Crippen MR) is 104 cm³/mol. The van der Waals surface area contributed by atoms with E-state index in [1.165, 1.54) is 16.7 Å². The fourth-order valence-corrected chi connectivity index (χ4v) is 2.84. The highest BCUT2D eigenvalue weighted by atomic mass is 32.1. The minimum Gasteiger partial charge on any atom is -0.356 e. The van der Waals surface area contributed by atoms with Gasteiger partial charge in [0.05, 0.1) is 6.04 Å². The summed E-state index contributed by atoms with van der Waals surface area (Å²) in [5.74, 6) is 0.595. The van der Waals surface area contributed by atoms with Crippen LogP contribution < -0.4 is 10.6 Å².